The molecule has 0 saturated heterocycles. The lowest BCUT2D eigenvalue weighted by Gasteiger charge is -2.35. The van der Waals surface area contributed by atoms with Gasteiger partial charge in [0.2, 0.25) is 0 Å². The zero-order chi connectivity index (χ0) is 24.1. The molecule has 4 nitrogen and oxygen atoms in total. The zero-order valence-corrected chi connectivity index (χ0v) is 17.6. The number of alkyl carbamates (subject to hydrolysis) is 1. The summed E-state index contributed by atoms with van der Waals surface area (Å²) in [7, 11) is 0. The maximum Gasteiger partial charge on any atom is 0.416 e. The van der Waals surface area contributed by atoms with Gasteiger partial charge >= 0.3 is 12.3 Å². The molecule has 8 heteroatoms. The summed E-state index contributed by atoms with van der Waals surface area (Å²) < 4.78 is 60.1. The molecule has 0 radical (unpaired) electrons. The molecule has 1 heterocycles. The van der Waals surface area contributed by atoms with Gasteiger partial charge in [-0.15, -0.1) is 6.42 Å². The predicted molar refractivity (Wildman–Crippen MR) is 115 cm³/mol. The zero-order valence-electron chi connectivity index (χ0n) is 17.6. The Morgan fingerprint density at radius 1 is 1.09 bits per heavy atom. The number of pyridine rings is 1. The van der Waals surface area contributed by atoms with Crippen LogP contribution >= 0.6 is 0 Å². The number of halogens is 4. The van der Waals surface area contributed by atoms with Gasteiger partial charge in [0.25, 0.3) is 0 Å². The van der Waals surface area contributed by atoms with E-state index in [0.29, 0.717) is 17.2 Å². The molecule has 0 aliphatic carbocycles. The lowest BCUT2D eigenvalue weighted by molar-refractivity contribution is -0.137. The Kier molecular flexibility index (Phi) is 7.02. The molecule has 0 bridgehead atoms. The van der Waals surface area contributed by atoms with Gasteiger partial charge in [-0.25, -0.2) is 9.18 Å². The summed E-state index contributed by atoms with van der Waals surface area (Å²) in [5.41, 5.74) is -1.78. The number of carbonyl (C=O) groups is 1. The highest BCUT2D eigenvalue weighted by atomic mass is 19.4. The fourth-order valence-corrected chi connectivity index (χ4v) is 3.50. The minimum absolute atomic E-state index is 0.0215. The summed E-state index contributed by atoms with van der Waals surface area (Å²) in [6.07, 6.45) is 1.02. The highest BCUT2D eigenvalue weighted by molar-refractivity contribution is 5.70. The summed E-state index contributed by atoms with van der Waals surface area (Å²) >= 11 is 0. The molecule has 0 aliphatic heterocycles. The second-order valence-electron chi connectivity index (χ2n) is 7.22. The molecular weight excluding hydrogens is 436 g/mol. The molecule has 2 aromatic carbocycles. The number of benzene rings is 2. The van der Waals surface area contributed by atoms with Crippen LogP contribution in [0.4, 0.5) is 22.4 Å². The monoisotopic (exact) mass is 456 g/mol. The van der Waals surface area contributed by atoms with E-state index in [4.69, 9.17) is 11.2 Å². The number of nitrogens with zero attached hydrogens (tertiary/aromatic N) is 1. The smallest absolute Gasteiger partial charge is 0.416 e. The highest BCUT2D eigenvalue weighted by Crippen LogP contribution is 2.37. The molecule has 170 valence electrons. The predicted octanol–water partition coefficient (Wildman–Crippen LogP) is 5.45. The van der Waals surface area contributed by atoms with Crippen molar-refractivity contribution in [3.8, 4) is 12.3 Å². The average molecular weight is 456 g/mol. The van der Waals surface area contributed by atoms with Gasteiger partial charge in [0.05, 0.1) is 17.9 Å². The number of hydrogen-bond donors (Lipinski definition) is 1. The van der Waals surface area contributed by atoms with E-state index in [1.165, 1.54) is 12.3 Å². The fourth-order valence-electron chi connectivity index (χ4n) is 3.50. The number of rotatable bonds is 6. The van der Waals surface area contributed by atoms with E-state index in [-0.39, 0.29) is 24.3 Å². The van der Waals surface area contributed by atoms with Crippen molar-refractivity contribution in [3.05, 3.63) is 101 Å². The highest BCUT2D eigenvalue weighted by Gasteiger charge is 2.41. The minimum Gasteiger partial charge on any atom is -0.450 e. The molecular formula is C25H20F4N2O2. The summed E-state index contributed by atoms with van der Waals surface area (Å²) in [5, 5.41) is 2.65. The molecule has 0 spiro atoms. The molecule has 1 unspecified atom stereocenters. The van der Waals surface area contributed by atoms with Crippen LogP contribution in [0.5, 0.6) is 0 Å². The Balaban J connectivity index is 2.31. The van der Waals surface area contributed by atoms with Gasteiger partial charge < -0.3 is 10.1 Å². The minimum atomic E-state index is -4.81. The van der Waals surface area contributed by atoms with Crippen LogP contribution in [0.3, 0.4) is 0 Å². The number of amides is 1. The third-order valence-electron chi connectivity index (χ3n) is 4.99. The number of alkyl halides is 3. The Bertz CT molecular complexity index is 1160. The third-order valence-corrected chi connectivity index (χ3v) is 4.99. The first-order valence-corrected chi connectivity index (χ1v) is 9.98. The van der Waals surface area contributed by atoms with E-state index in [0.717, 1.165) is 12.1 Å². The van der Waals surface area contributed by atoms with Crippen LogP contribution in [0, 0.1) is 18.2 Å². The van der Waals surface area contributed by atoms with Crippen LogP contribution in [0.25, 0.3) is 0 Å². The first-order valence-electron chi connectivity index (χ1n) is 9.98. The van der Waals surface area contributed by atoms with Crippen molar-refractivity contribution in [1.82, 2.24) is 10.3 Å². The molecule has 1 aromatic heterocycles. The number of hydrogen-bond acceptors (Lipinski definition) is 3. The van der Waals surface area contributed by atoms with Gasteiger partial charge in [0, 0.05) is 18.2 Å². The average Bonchev–Trinajstić information content (AvgIpc) is 2.78. The number of ether oxygens (including phenoxy) is 1. The summed E-state index contributed by atoms with van der Waals surface area (Å²) in [5.74, 6) is 1.30. The summed E-state index contributed by atoms with van der Waals surface area (Å²) in [6, 6.07) is 13.9. The van der Waals surface area contributed by atoms with Crippen molar-refractivity contribution in [2.24, 2.45) is 0 Å². The lowest BCUT2D eigenvalue weighted by Crippen LogP contribution is -2.49. The molecule has 1 amide bonds. The van der Waals surface area contributed by atoms with Crippen LogP contribution in [0.2, 0.25) is 0 Å². The van der Waals surface area contributed by atoms with E-state index in [2.05, 4.69) is 16.2 Å². The maximum atomic E-state index is 14.5. The van der Waals surface area contributed by atoms with Crippen molar-refractivity contribution < 1.29 is 27.1 Å². The molecule has 1 atom stereocenters. The van der Waals surface area contributed by atoms with Crippen molar-refractivity contribution >= 4 is 6.09 Å². The van der Waals surface area contributed by atoms with Crippen LogP contribution in [-0.4, -0.2) is 17.7 Å². The molecule has 3 aromatic rings. The van der Waals surface area contributed by atoms with Crippen LogP contribution in [0.1, 0.15) is 34.9 Å². The molecule has 1 N–H and O–H groups in total. The van der Waals surface area contributed by atoms with Crippen molar-refractivity contribution in [1.29, 1.82) is 0 Å². The van der Waals surface area contributed by atoms with E-state index in [1.54, 1.807) is 43.3 Å². The largest absolute Gasteiger partial charge is 0.450 e. The lowest BCUT2D eigenvalue weighted by atomic mass is 9.79. The Labute approximate surface area is 188 Å². The topological polar surface area (TPSA) is 51.2 Å². The van der Waals surface area contributed by atoms with Crippen molar-refractivity contribution in [2.45, 2.75) is 25.1 Å². The fraction of sp³-hybridized carbons (Fsp3) is 0.200. The second-order valence-corrected chi connectivity index (χ2v) is 7.22. The van der Waals surface area contributed by atoms with Crippen LogP contribution in [-0.2, 0) is 22.9 Å². The molecule has 0 saturated carbocycles. The van der Waals surface area contributed by atoms with Gasteiger partial charge in [0.15, 0.2) is 0 Å². The van der Waals surface area contributed by atoms with Gasteiger partial charge in [-0.2, -0.15) is 13.2 Å². The maximum absolute atomic E-state index is 14.5. The van der Waals surface area contributed by atoms with Gasteiger partial charge in [0.1, 0.15) is 11.4 Å². The van der Waals surface area contributed by atoms with Gasteiger partial charge in [-0.3, -0.25) is 4.98 Å². The number of carbonyl (C=O) groups excluding carboxylic acids is 1. The number of terminal acetylenes is 1. The first kappa shape index (κ1) is 23.8. The molecule has 0 aliphatic rings. The quantitative estimate of drug-likeness (QED) is 0.396. The van der Waals surface area contributed by atoms with E-state index < -0.39 is 29.2 Å². The standard InChI is InChI=1S/C25H20F4N2O2/c1-3-17-10-11-22(30-16-17)24(31-23(32)33-4-2,15-18-8-6-5-7-9-18)19-12-20(25(27,28)29)14-21(26)13-19/h1,5-14,16H,4,15H2,2H3,(H,31,32). The van der Waals surface area contributed by atoms with Crippen molar-refractivity contribution in [3.63, 3.8) is 0 Å². The van der Waals surface area contributed by atoms with Crippen molar-refractivity contribution in [2.75, 3.05) is 6.61 Å². The number of aromatic nitrogens is 1. The number of nitrogens with one attached hydrogen (secondary N) is 1. The summed E-state index contributed by atoms with van der Waals surface area (Å²) in [4.78, 5) is 16.9. The van der Waals surface area contributed by atoms with E-state index in [1.807, 2.05) is 0 Å². The first-order chi connectivity index (χ1) is 15.7. The van der Waals surface area contributed by atoms with Gasteiger partial charge in [-0.1, -0.05) is 36.3 Å². The molecule has 3 rings (SSSR count). The Hall–Kier alpha value is -3.86. The van der Waals surface area contributed by atoms with E-state index in [9.17, 15) is 22.4 Å². The third kappa shape index (κ3) is 5.50. The Morgan fingerprint density at radius 2 is 1.79 bits per heavy atom. The van der Waals surface area contributed by atoms with E-state index >= 15 is 0 Å². The normalized spacial score (nSPS) is 13.0. The molecule has 33 heavy (non-hydrogen) atoms. The second kappa shape index (κ2) is 9.74. The van der Waals surface area contributed by atoms with Crippen LogP contribution < -0.4 is 5.32 Å². The molecule has 0 fully saturated rings. The Morgan fingerprint density at radius 3 is 2.36 bits per heavy atom. The summed E-state index contributed by atoms with van der Waals surface area (Å²) in [6.45, 7) is 1.61. The van der Waals surface area contributed by atoms with Crippen LogP contribution in [0.15, 0.2) is 66.9 Å². The SMILES string of the molecule is C#Cc1ccc(C(Cc2ccccc2)(NC(=O)OCC)c2cc(F)cc(C(F)(F)F)c2)nc1. The van der Waals surface area contributed by atoms with Gasteiger partial charge in [-0.05, 0) is 48.4 Å².